The second-order valence-corrected chi connectivity index (χ2v) is 5.65. The molecule has 3 rings (SSSR count). The van der Waals surface area contributed by atoms with Crippen molar-refractivity contribution in [1.29, 1.82) is 0 Å². The van der Waals surface area contributed by atoms with Gasteiger partial charge in [-0.3, -0.25) is 4.79 Å². The Bertz CT molecular complexity index is 434. The topological polar surface area (TPSA) is 35.6 Å². The molecule has 0 saturated carbocycles. The molecule has 1 atom stereocenters. The zero-order valence-corrected chi connectivity index (χ0v) is 11.9. The van der Waals surface area contributed by atoms with Gasteiger partial charge in [-0.1, -0.05) is 24.6 Å². The molecular formula is C16H23N3O. The molecule has 0 radical (unpaired) electrons. The highest BCUT2D eigenvalue weighted by Crippen LogP contribution is 2.17. The number of nitrogens with one attached hydrogen (secondary N) is 1. The molecular weight excluding hydrogens is 250 g/mol. The van der Waals surface area contributed by atoms with E-state index in [0.717, 1.165) is 39.1 Å². The molecule has 1 aromatic carbocycles. The average Bonchev–Trinajstić information content (AvgIpc) is 2.56. The third-order valence-corrected chi connectivity index (χ3v) is 4.32. The van der Waals surface area contributed by atoms with E-state index in [9.17, 15) is 4.79 Å². The van der Waals surface area contributed by atoms with Gasteiger partial charge in [-0.25, -0.2) is 0 Å². The number of carbonyl (C=O) groups excluding carboxylic acids is 1. The third-order valence-electron chi connectivity index (χ3n) is 4.32. The Kier molecular flexibility index (Phi) is 4.21. The van der Waals surface area contributed by atoms with E-state index in [1.54, 1.807) is 0 Å². The van der Waals surface area contributed by atoms with Crippen molar-refractivity contribution < 1.29 is 4.79 Å². The summed E-state index contributed by atoms with van der Waals surface area (Å²) in [6.45, 7) is 4.53. The fraction of sp³-hybridized carbons (Fsp3) is 0.562. The Morgan fingerprint density at radius 1 is 1.05 bits per heavy atom. The molecule has 2 heterocycles. The Labute approximate surface area is 120 Å². The number of amides is 1. The van der Waals surface area contributed by atoms with Gasteiger partial charge in [0.05, 0.1) is 6.04 Å². The lowest BCUT2D eigenvalue weighted by atomic mass is 10.0. The van der Waals surface area contributed by atoms with Gasteiger partial charge in [-0.15, -0.1) is 0 Å². The highest BCUT2D eigenvalue weighted by Gasteiger charge is 2.28. The van der Waals surface area contributed by atoms with Crippen LogP contribution in [0.25, 0.3) is 0 Å². The van der Waals surface area contributed by atoms with Gasteiger partial charge in [-0.05, 0) is 31.5 Å². The highest BCUT2D eigenvalue weighted by molar-refractivity contribution is 5.82. The number of hydrogen-bond donors (Lipinski definition) is 1. The van der Waals surface area contributed by atoms with Crippen molar-refractivity contribution in [2.45, 2.75) is 25.3 Å². The smallest absolute Gasteiger partial charge is 0.239 e. The molecule has 0 unspecified atom stereocenters. The number of hydrogen-bond acceptors (Lipinski definition) is 3. The van der Waals surface area contributed by atoms with Crippen molar-refractivity contribution >= 4 is 11.6 Å². The fourth-order valence-electron chi connectivity index (χ4n) is 3.11. The zero-order valence-electron chi connectivity index (χ0n) is 11.9. The Hall–Kier alpha value is -1.55. The predicted octanol–water partition coefficient (Wildman–Crippen LogP) is 1.48. The first kappa shape index (κ1) is 13.4. The molecule has 20 heavy (non-hydrogen) atoms. The summed E-state index contributed by atoms with van der Waals surface area (Å²) in [5, 5.41) is 3.35. The summed E-state index contributed by atoms with van der Waals surface area (Å²) in [4.78, 5) is 16.8. The molecule has 4 heteroatoms. The zero-order chi connectivity index (χ0) is 13.8. The summed E-state index contributed by atoms with van der Waals surface area (Å²) in [5.74, 6) is 0.303. The van der Waals surface area contributed by atoms with E-state index in [-0.39, 0.29) is 6.04 Å². The minimum Gasteiger partial charge on any atom is -0.368 e. The van der Waals surface area contributed by atoms with Gasteiger partial charge in [0.25, 0.3) is 0 Å². The number of para-hydroxylation sites is 1. The summed E-state index contributed by atoms with van der Waals surface area (Å²) in [6, 6.07) is 10.5. The Morgan fingerprint density at radius 2 is 1.80 bits per heavy atom. The molecule has 0 aliphatic carbocycles. The molecule has 1 N–H and O–H groups in total. The van der Waals surface area contributed by atoms with Crippen molar-refractivity contribution in [1.82, 2.24) is 10.2 Å². The number of anilines is 1. The van der Waals surface area contributed by atoms with Gasteiger partial charge in [0.2, 0.25) is 5.91 Å². The first-order valence-corrected chi connectivity index (χ1v) is 7.67. The van der Waals surface area contributed by atoms with Gasteiger partial charge in [0.15, 0.2) is 0 Å². The molecule has 2 saturated heterocycles. The van der Waals surface area contributed by atoms with E-state index in [1.165, 1.54) is 18.5 Å². The van der Waals surface area contributed by atoms with Gasteiger partial charge in [0.1, 0.15) is 0 Å². The predicted molar refractivity (Wildman–Crippen MR) is 80.9 cm³/mol. The van der Waals surface area contributed by atoms with Crippen molar-refractivity contribution in [3.8, 4) is 0 Å². The molecule has 2 aliphatic heterocycles. The number of rotatable bonds is 2. The van der Waals surface area contributed by atoms with Crippen LogP contribution in [0.15, 0.2) is 30.3 Å². The summed E-state index contributed by atoms with van der Waals surface area (Å²) >= 11 is 0. The maximum atomic E-state index is 12.4. The normalized spacial score (nSPS) is 23.7. The van der Waals surface area contributed by atoms with E-state index in [4.69, 9.17) is 0 Å². The van der Waals surface area contributed by atoms with Crippen LogP contribution >= 0.6 is 0 Å². The van der Waals surface area contributed by atoms with Crippen LogP contribution in [0.5, 0.6) is 0 Å². The molecule has 2 fully saturated rings. The maximum absolute atomic E-state index is 12.4. The van der Waals surface area contributed by atoms with Gasteiger partial charge >= 0.3 is 0 Å². The third kappa shape index (κ3) is 2.96. The minimum atomic E-state index is 0.0621. The van der Waals surface area contributed by atoms with Crippen LogP contribution in [-0.2, 0) is 4.79 Å². The van der Waals surface area contributed by atoms with E-state index in [0.29, 0.717) is 5.91 Å². The quantitative estimate of drug-likeness (QED) is 0.886. The molecule has 0 spiro atoms. The molecule has 1 aromatic rings. The van der Waals surface area contributed by atoms with Crippen LogP contribution in [0.1, 0.15) is 19.3 Å². The van der Waals surface area contributed by atoms with Crippen LogP contribution in [0.2, 0.25) is 0 Å². The van der Waals surface area contributed by atoms with Crippen LogP contribution < -0.4 is 10.2 Å². The Morgan fingerprint density at radius 3 is 2.45 bits per heavy atom. The van der Waals surface area contributed by atoms with E-state index in [2.05, 4.69) is 34.5 Å². The second kappa shape index (κ2) is 6.27. The van der Waals surface area contributed by atoms with Gasteiger partial charge in [0, 0.05) is 31.9 Å². The number of nitrogens with zero attached hydrogens (tertiary/aromatic N) is 2. The first-order valence-electron chi connectivity index (χ1n) is 7.67. The average molecular weight is 273 g/mol. The fourth-order valence-corrected chi connectivity index (χ4v) is 3.11. The summed E-state index contributed by atoms with van der Waals surface area (Å²) in [6.07, 6.45) is 3.37. The molecule has 0 bridgehead atoms. The molecule has 0 aromatic heterocycles. The number of carbonyl (C=O) groups is 1. The van der Waals surface area contributed by atoms with Crippen LogP contribution in [-0.4, -0.2) is 49.6 Å². The van der Waals surface area contributed by atoms with Crippen LogP contribution in [0.4, 0.5) is 5.69 Å². The molecule has 1 amide bonds. The second-order valence-electron chi connectivity index (χ2n) is 5.65. The van der Waals surface area contributed by atoms with Crippen molar-refractivity contribution in [3.05, 3.63) is 30.3 Å². The van der Waals surface area contributed by atoms with Gasteiger partial charge in [-0.2, -0.15) is 0 Å². The van der Waals surface area contributed by atoms with Crippen molar-refractivity contribution in [2.75, 3.05) is 37.6 Å². The highest BCUT2D eigenvalue weighted by atomic mass is 16.2. The van der Waals surface area contributed by atoms with Crippen molar-refractivity contribution in [3.63, 3.8) is 0 Å². The molecule has 108 valence electrons. The maximum Gasteiger partial charge on any atom is 0.239 e. The van der Waals surface area contributed by atoms with E-state index in [1.807, 2.05) is 11.0 Å². The largest absolute Gasteiger partial charge is 0.368 e. The van der Waals surface area contributed by atoms with E-state index >= 15 is 0 Å². The number of benzene rings is 1. The SMILES string of the molecule is O=C([C@@H]1CCCCN1)N1CCN(c2ccccc2)CC1. The van der Waals surface area contributed by atoms with Crippen LogP contribution in [0, 0.1) is 0 Å². The summed E-state index contributed by atoms with van der Waals surface area (Å²) in [7, 11) is 0. The standard InChI is InChI=1S/C16H23N3O/c20-16(15-8-4-5-9-17-15)19-12-10-18(11-13-19)14-6-2-1-3-7-14/h1-3,6-7,15,17H,4-5,8-13H2/t15-/m0/s1. The van der Waals surface area contributed by atoms with E-state index < -0.39 is 0 Å². The minimum absolute atomic E-state index is 0.0621. The molecule has 2 aliphatic rings. The number of piperidine rings is 1. The monoisotopic (exact) mass is 273 g/mol. The number of piperazine rings is 1. The lowest BCUT2D eigenvalue weighted by molar-refractivity contribution is -0.134. The van der Waals surface area contributed by atoms with Crippen molar-refractivity contribution in [2.24, 2.45) is 0 Å². The lowest BCUT2D eigenvalue weighted by Gasteiger charge is -2.38. The summed E-state index contributed by atoms with van der Waals surface area (Å²) < 4.78 is 0. The summed E-state index contributed by atoms with van der Waals surface area (Å²) in [5.41, 5.74) is 1.26. The molecule has 4 nitrogen and oxygen atoms in total. The van der Waals surface area contributed by atoms with Gasteiger partial charge < -0.3 is 15.1 Å². The first-order chi connectivity index (χ1) is 9.84. The Balaban J connectivity index is 1.54. The lowest BCUT2D eigenvalue weighted by Crippen LogP contribution is -2.55. The van der Waals surface area contributed by atoms with Crippen LogP contribution in [0.3, 0.4) is 0 Å².